The first-order valence-electron chi connectivity index (χ1n) is 5.54. The average molecular weight is 421 g/mol. The largest absolute Gasteiger partial charge is 0.497 e. The molecule has 0 aliphatic rings. The molecule has 0 fully saturated rings. The van der Waals surface area contributed by atoms with Crippen LogP contribution in [0, 0.1) is 0 Å². The summed E-state index contributed by atoms with van der Waals surface area (Å²) >= 11 is 6.54. The predicted octanol–water partition coefficient (Wildman–Crippen LogP) is 4.02. The van der Waals surface area contributed by atoms with Gasteiger partial charge in [-0.15, -0.1) is 0 Å². The van der Waals surface area contributed by atoms with Crippen LogP contribution in [0.15, 0.2) is 56.3 Å². The summed E-state index contributed by atoms with van der Waals surface area (Å²) in [6.07, 6.45) is 0. The molecule has 0 saturated carbocycles. The van der Waals surface area contributed by atoms with Gasteiger partial charge >= 0.3 is 0 Å². The summed E-state index contributed by atoms with van der Waals surface area (Å²) < 4.78 is 33.5. The first kappa shape index (κ1) is 15.3. The molecule has 1 N–H and O–H groups in total. The monoisotopic (exact) mass is 419 g/mol. The van der Waals surface area contributed by atoms with E-state index in [1.807, 2.05) is 0 Å². The topological polar surface area (TPSA) is 55.4 Å². The number of hydrogen-bond donors (Lipinski definition) is 1. The molecule has 0 atom stereocenters. The van der Waals surface area contributed by atoms with Gasteiger partial charge in [0.05, 0.1) is 12.8 Å². The van der Waals surface area contributed by atoms with Gasteiger partial charge in [-0.25, -0.2) is 8.42 Å². The van der Waals surface area contributed by atoms with Crippen molar-refractivity contribution in [2.75, 3.05) is 11.8 Å². The first-order valence-corrected chi connectivity index (χ1v) is 8.61. The third kappa shape index (κ3) is 3.53. The van der Waals surface area contributed by atoms with Crippen molar-refractivity contribution in [3.8, 4) is 5.75 Å². The minimum atomic E-state index is -3.66. The van der Waals surface area contributed by atoms with E-state index in [9.17, 15) is 8.42 Å². The summed E-state index contributed by atoms with van der Waals surface area (Å²) in [6.45, 7) is 0. The molecule has 0 amide bonds. The van der Waals surface area contributed by atoms with Crippen LogP contribution in [0.2, 0.25) is 0 Å². The van der Waals surface area contributed by atoms with E-state index in [1.54, 1.807) is 36.4 Å². The van der Waals surface area contributed by atoms with E-state index in [0.29, 0.717) is 15.9 Å². The van der Waals surface area contributed by atoms with Gasteiger partial charge in [0.2, 0.25) is 0 Å². The lowest BCUT2D eigenvalue weighted by Crippen LogP contribution is -2.13. The van der Waals surface area contributed by atoms with Crippen molar-refractivity contribution in [2.24, 2.45) is 0 Å². The van der Waals surface area contributed by atoms with E-state index >= 15 is 0 Å². The number of rotatable bonds is 4. The van der Waals surface area contributed by atoms with E-state index in [1.165, 1.54) is 13.2 Å². The van der Waals surface area contributed by atoms with Crippen LogP contribution in [0.5, 0.6) is 5.75 Å². The van der Waals surface area contributed by atoms with Crippen LogP contribution in [0.4, 0.5) is 5.69 Å². The molecule has 2 rings (SSSR count). The first-order chi connectivity index (χ1) is 9.42. The summed E-state index contributed by atoms with van der Waals surface area (Å²) in [7, 11) is -2.14. The van der Waals surface area contributed by atoms with E-state index in [-0.39, 0.29) is 4.90 Å². The summed E-state index contributed by atoms with van der Waals surface area (Å²) in [6, 6.07) is 11.6. The van der Waals surface area contributed by atoms with Gasteiger partial charge in [0.15, 0.2) is 0 Å². The van der Waals surface area contributed by atoms with Crippen molar-refractivity contribution < 1.29 is 13.2 Å². The molecule has 0 unspecified atom stereocenters. The quantitative estimate of drug-likeness (QED) is 0.812. The molecule has 0 radical (unpaired) electrons. The molecule has 2 aromatic carbocycles. The molecule has 7 heteroatoms. The van der Waals surface area contributed by atoms with Crippen LogP contribution in [-0.2, 0) is 10.0 Å². The van der Waals surface area contributed by atoms with Crippen molar-refractivity contribution in [1.82, 2.24) is 0 Å². The zero-order valence-electron chi connectivity index (χ0n) is 10.4. The maximum atomic E-state index is 12.3. The molecule has 20 heavy (non-hydrogen) atoms. The van der Waals surface area contributed by atoms with Gasteiger partial charge in [-0.3, -0.25) is 4.72 Å². The van der Waals surface area contributed by atoms with Gasteiger partial charge in [-0.05, 0) is 40.2 Å². The zero-order chi connectivity index (χ0) is 14.8. The second-order valence-corrected chi connectivity index (χ2v) is 7.34. The lowest BCUT2D eigenvalue weighted by Gasteiger charge is -2.11. The lowest BCUT2D eigenvalue weighted by molar-refractivity contribution is 0.415. The summed E-state index contributed by atoms with van der Waals surface area (Å²) in [5, 5.41) is 0. The van der Waals surface area contributed by atoms with E-state index < -0.39 is 10.0 Å². The Bertz CT molecular complexity index is 732. The number of methoxy groups -OCH3 is 1. The van der Waals surface area contributed by atoms with Gasteiger partial charge in [0.1, 0.15) is 10.6 Å². The Kier molecular flexibility index (Phi) is 4.72. The molecule has 4 nitrogen and oxygen atoms in total. The number of halogens is 2. The predicted molar refractivity (Wildman–Crippen MR) is 85.6 cm³/mol. The van der Waals surface area contributed by atoms with Crippen LogP contribution in [-0.4, -0.2) is 15.5 Å². The highest BCUT2D eigenvalue weighted by Crippen LogP contribution is 2.28. The fraction of sp³-hybridized carbons (Fsp3) is 0.0769. The van der Waals surface area contributed by atoms with Crippen LogP contribution < -0.4 is 9.46 Å². The van der Waals surface area contributed by atoms with E-state index in [0.717, 1.165) is 4.47 Å². The number of sulfonamides is 1. The minimum Gasteiger partial charge on any atom is -0.497 e. The number of ether oxygens (including phenoxy) is 1. The van der Waals surface area contributed by atoms with Crippen LogP contribution in [0.3, 0.4) is 0 Å². The molecule has 0 spiro atoms. The van der Waals surface area contributed by atoms with Gasteiger partial charge in [-0.2, -0.15) is 0 Å². The summed E-state index contributed by atoms with van der Waals surface area (Å²) in [4.78, 5) is 0.180. The number of benzene rings is 2. The Labute approximate surface area is 134 Å². The Morgan fingerprint density at radius 1 is 1.10 bits per heavy atom. The molecule has 106 valence electrons. The van der Waals surface area contributed by atoms with Gasteiger partial charge in [0, 0.05) is 15.0 Å². The molecule has 2 aromatic rings. The van der Waals surface area contributed by atoms with Crippen LogP contribution >= 0.6 is 31.9 Å². The lowest BCUT2D eigenvalue weighted by atomic mass is 10.3. The Hall–Kier alpha value is -1.05. The Morgan fingerprint density at radius 3 is 2.45 bits per heavy atom. The van der Waals surface area contributed by atoms with Gasteiger partial charge < -0.3 is 4.74 Å². The SMILES string of the molecule is COc1cc(Br)cc(NS(=O)(=O)c2ccccc2Br)c1. The van der Waals surface area contributed by atoms with Crippen molar-refractivity contribution >= 4 is 47.6 Å². The maximum Gasteiger partial charge on any atom is 0.263 e. The zero-order valence-corrected chi connectivity index (χ0v) is 14.4. The fourth-order valence-corrected chi connectivity index (χ4v) is 4.13. The molecular weight excluding hydrogens is 410 g/mol. The molecule has 0 heterocycles. The van der Waals surface area contributed by atoms with Crippen molar-refractivity contribution in [1.29, 1.82) is 0 Å². The third-order valence-corrected chi connectivity index (χ3v) is 5.34. The number of nitrogens with one attached hydrogen (secondary N) is 1. The van der Waals surface area contributed by atoms with Gasteiger partial charge in [-0.1, -0.05) is 28.1 Å². The van der Waals surface area contributed by atoms with Crippen molar-refractivity contribution in [3.05, 3.63) is 51.4 Å². The minimum absolute atomic E-state index is 0.180. The highest BCUT2D eigenvalue weighted by atomic mass is 79.9. The Balaban J connectivity index is 2.38. The maximum absolute atomic E-state index is 12.3. The van der Waals surface area contributed by atoms with E-state index in [2.05, 4.69) is 36.6 Å². The van der Waals surface area contributed by atoms with Crippen molar-refractivity contribution in [2.45, 2.75) is 4.90 Å². The summed E-state index contributed by atoms with van der Waals surface area (Å²) in [5.41, 5.74) is 0.423. The number of anilines is 1. The van der Waals surface area contributed by atoms with Crippen LogP contribution in [0.1, 0.15) is 0 Å². The summed E-state index contributed by atoms with van der Waals surface area (Å²) in [5.74, 6) is 0.559. The van der Waals surface area contributed by atoms with Crippen LogP contribution in [0.25, 0.3) is 0 Å². The Morgan fingerprint density at radius 2 is 1.80 bits per heavy atom. The fourth-order valence-electron chi connectivity index (χ4n) is 1.61. The standard InChI is InChI=1S/C13H11Br2NO3S/c1-19-11-7-9(14)6-10(8-11)16-20(17,18)13-5-3-2-4-12(13)15/h2-8,16H,1H3. The highest BCUT2D eigenvalue weighted by Gasteiger charge is 2.17. The second kappa shape index (κ2) is 6.15. The normalized spacial score (nSPS) is 11.2. The number of hydrogen-bond acceptors (Lipinski definition) is 3. The average Bonchev–Trinajstić information content (AvgIpc) is 2.37. The van der Waals surface area contributed by atoms with Crippen molar-refractivity contribution in [3.63, 3.8) is 0 Å². The third-order valence-electron chi connectivity index (χ3n) is 2.49. The molecule has 0 aliphatic heterocycles. The smallest absolute Gasteiger partial charge is 0.263 e. The molecule has 0 saturated heterocycles. The van der Waals surface area contributed by atoms with Gasteiger partial charge in [0.25, 0.3) is 10.0 Å². The molecule has 0 bridgehead atoms. The second-order valence-electron chi connectivity index (χ2n) is 3.92. The molecule has 0 aromatic heterocycles. The highest BCUT2D eigenvalue weighted by molar-refractivity contribution is 9.10. The van der Waals surface area contributed by atoms with E-state index in [4.69, 9.17) is 4.74 Å². The molecule has 0 aliphatic carbocycles. The molecular formula is C13H11Br2NO3S.